The van der Waals surface area contributed by atoms with Gasteiger partial charge in [-0.1, -0.05) is 33.6 Å². The van der Waals surface area contributed by atoms with Crippen molar-refractivity contribution in [3.63, 3.8) is 0 Å². The van der Waals surface area contributed by atoms with E-state index >= 15 is 0 Å². The van der Waals surface area contributed by atoms with Gasteiger partial charge in [0.15, 0.2) is 11.6 Å². The maximum absolute atomic E-state index is 13.2. The van der Waals surface area contributed by atoms with Crippen molar-refractivity contribution in [3.05, 3.63) is 33.9 Å². The Morgan fingerprint density at radius 2 is 1.77 bits per heavy atom. The maximum Gasteiger partial charge on any atom is 0.163 e. The molecule has 1 aliphatic carbocycles. The lowest BCUT2D eigenvalue weighted by Gasteiger charge is -2.32. The van der Waals surface area contributed by atoms with Gasteiger partial charge < -0.3 is 0 Å². The van der Waals surface area contributed by atoms with Crippen molar-refractivity contribution in [2.45, 2.75) is 92.9 Å². The number of ketones is 4. The molecule has 0 saturated heterocycles. The molecule has 1 aliphatic rings. The van der Waals surface area contributed by atoms with E-state index in [1.54, 1.807) is 6.92 Å². The van der Waals surface area contributed by atoms with Crippen LogP contribution in [0.1, 0.15) is 111 Å². The average Bonchev–Trinajstić information content (AvgIpc) is 2.67. The number of hydrogen-bond donors (Lipinski definition) is 0. The first-order valence-electron chi connectivity index (χ1n) is 11.9. The molecule has 2 rings (SSSR count). The van der Waals surface area contributed by atoms with Crippen LogP contribution in [0.3, 0.4) is 0 Å². The van der Waals surface area contributed by atoms with Crippen molar-refractivity contribution in [1.82, 2.24) is 0 Å². The Morgan fingerprint density at radius 3 is 2.29 bits per heavy atom. The van der Waals surface area contributed by atoms with Crippen LogP contribution in [0.25, 0.3) is 0 Å². The molecule has 1 aromatic rings. The number of carbonyl (C=O) groups is 4. The molecular formula is C27H38O4. The fourth-order valence-corrected chi connectivity index (χ4v) is 5.54. The van der Waals surface area contributed by atoms with Crippen LogP contribution in [0.2, 0.25) is 0 Å². The van der Waals surface area contributed by atoms with Gasteiger partial charge in [0.25, 0.3) is 0 Å². The van der Waals surface area contributed by atoms with Crippen LogP contribution in [0.15, 0.2) is 6.07 Å². The number of rotatable bonds is 11. The lowest BCUT2D eigenvalue weighted by molar-refractivity contribution is -0.129. The number of Topliss-reactive ketones (excluding diaryl/α,β-unsaturated/α-hetero) is 4. The Kier molecular flexibility index (Phi) is 8.90. The first kappa shape index (κ1) is 25.2. The summed E-state index contributed by atoms with van der Waals surface area (Å²) in [5.41, 5.74) is 4.43. The number of carbonyl (C=O) groups excluding carboxylic acids is 4. The molecule has 3 atom stereocenters. The zero-order chi connectivity index (χ0) is 23.3. The smallest absolute Gasteiger partial charge is 0.163 e. The predicted octanol–water partition coefficient (Wildman–Crippen LogP) is 5.89. The summed E-state index contributed by atoms with van der Waals surface area (Å²) in [6.07, 6.45) is 5.34. The van der Waals surface area contributed by atoms with E-state index in [1.807, 2.05) is 26.8 Å². The fourth-order valence-electron chi connectivity index (χ4n) is 5.54. The molecular weight excluding hydrogens is 388 g/mol. The van der Waals surface area contributed by atoms with Gasteiger partial charge in [-0.15, -0.1) is 0 Å². The Bertz CT molecular complexity index is 864. The summed E-state index contributed by atoms with van der Waals surface area (Å²) in [4.78, 5) is 49.8. The third-order valence-corrected chi connectivity index (χ3v) is 6.95. The summed E-state index contributed by atoms with van der Waals surface area (Å²) in [6, 6.07) is 1.97. The van der Waals surface area contributed by atoms with E-state index in [1.165, 1.54) is 6.92 Å². The molecule has 31 heavy (non-hydrogen) atoms. The van der Waals surface area contributed by atoms with E-state index in [0.29, 0.717) is 24.8 Å². The minimum Gasteiger partial charge on any atom is -0.300 e. The zero-order valence-electron chi connectivity index (χ0n) is 20.1. The number of fused-ring (bicyclic) bond motifs is 1. The predicted molar refractivity (Wildman–Crippen MR) is 124 cm³/mol. The van der Waals surface area contributed by atoms with Crippen LogP contribution in [-0.2, 0) is 22.4 Å². The Hall–Kier alpha value is -2.10. The molecule has 0 aliphatic heterocycles. The first-order chi connectivity index (χ1) is 14.6. The summed E-state index contributed by atoms with van der Waals surface area (Å²) in [6.45, 7) is 11.2. The molecule has 0 bridgehead atoms. The van der Waals surface area contributed by atoms with Crippen molar-refractivity contribution < 1.29 is 19.2 Å². The van der Waals surface area contributed by atoms with Gasteiger partial charge in [0.05, 0.1) is 6.42 Å². The summed E-state index contributed by atoms with van der Waals surface area (Å²) >= 11 is 0. The highest BCUT2D eigenvalue weighted by Crippen LogP contribution is 2.38. The van der Waals surface area contributed by atoms with Gasteiger partial charge in [-0.3, -0.25) is 19.2 Å². The normalized spacial score (nSPS) is 17.7. The molecule has 4 heteroatoms. The third-order valence-electron chi connectivity index (χ3n) is 6.95. The van der Waals surface area contributed by atoms with Crippen LogP contribution in [0.4, 0.5) is 0 Å². The summed E-state index contributed by atoms with van der Waals surface area (Å²) in [5.74, 6) is 0.223. The zero-order valence-corrected chi connectivity index (χ0v) is 20.1. The van der Waals surface area contributed by atoms with E-state index in [9.17, 15) is 19.2 Å². The number of hydrogen-bond acceptors (Lipinski definition) is 4. The second kappa shape index (κ2) is 11.0. The SMILES string of the molecule is CCCC(CC1CC(=O)c2c(C)c(CC)cc(C(C)=O)c2C1)C(CC)C(=O)CC(C)=O. The molecule has 0 amide bonds. The van der Waals surface area contributed by atoms with Crippen LogP contribution in [0.5, 0.6) is 0 Å². The highest BCUT2D eigenvalue weighted by Gasteiger charge is 2.34. The maximum atomic E-state index is 13.2. The Labute approximate surface area is 187 Å². The van der Waals surface area contributed by atoms with Gasteiger partial charge in [0.1, 0.15) is 11.6 Å². The van der Waals surface area contributed by atoms with Gasteiger partial charge in [-0.05, 0) is 81.0 Å². The summed E-state index contributed by atoms with van der Waals surface area (Å²) in [7, 11) is 0. The molecule has 0 aromatic heterocycles. The molecule has 0 spiro atoms. The number of benzene rings is 1. The first-order valence-corrected chi connectivity index (χ1v) is 11.9. The van der Waals surface area contributed by atoms with Crippen molar-refractivity contribution in [1.29, 1.82) is 0 Å². The van der Waals surface area contributed by atoms with E-state index in [4.69, 9.17) is 0 Å². The Balaban J connectivity index is 2.36. The summed E-state index contributed by atoms with van der Waals surface area (Å²) < 4.78 is 0. The van der Waals surface area contributed by atoms with Crippen molar-refractivity contribution in [2.24, 2.45) is 17.8 Å². The summed E-state index contributed by atoms with van der Waals surface area (Å²) in [5, 5.41) is 0. The molecule has 0 radical (unpaired) electrons. The largest absolute Gasteiger partial charge is 0.300 e. The minimum atomic E-state index is -0.142. The number of aryl methyl sites for hydroxylation is 1. The van der Waals surface area contributed by atoms with E-state index in [0.717, 1.165) is 47.9 Å². The molecule has 1 aromatic carbocycles. The second-order valence-electron chi connectivity index (χ2n) is 9.31. The van der Waals surface area contributed by atoms with E-state index in [-0.39, 0.29) is 47.3 Å². The van der Waals surface area contributed by atoms with Crippen molar-refractivity contribution in [2.75, 3.05) is 0 Å². The highest BCUT2D eigenvalue weighted by atomic mass is 16.1. The van der Waals surface area contributed by atoms with Crippen molar-refractivity contribution in [3.8, 4) is 0 Å². The lowest BCUT2D eigenvalue weighted by atomic mass is 9.70. The van der Waals surface area contributed by atoms with E-state index < -0.39 is 0 Å². The highest BCUT2D eigenvalue weighted by molar-refractivity contribution is 6.05. The molecule has 3 unspecified atom stereocenters. The van der Waals surface area contributed by atoms with Crippen LogP contribution in [0, 0.1) is 24.7 Å². The molecule has 0 heterocycles. The van der Waals surface area contributed by atoms with Crippen LogP contribution in [-0.4, -0.2) is 23.1 Å². The van der Waals surface area contributed by atoms with Gasteiger partial charge in [0, 0.05) is 23.5 Å². The monoisotopic (exact) mass is 426 g/mol. The molecule has 4 nitrogen and oxygen atoms in total. The van der Waals surface area contributed by atoms with Gasteiger partial charge >= 0.3 is 0 Å². The van der Waals surface area contributed by atoms with Gasteiger partial charge in [0.2, 0.25) is 0 Å². The average molecular weight is 427 g/mol. The molecule has 0 saturated carbocycles. The van der Waals surface area contributed by atoms with Crippen LogP contribution < -0.4 is 0 Å². The standard InChI is InChI=1S/C27H38O4/c1-7-10-21(22(9-3)25(30)11-16(4)28)12-19-13-24-23(18(6)29)15-20(8-2)17(5)27(24)26(31)14-19/h15,19,21-22H,7-14H2,1-6H3. The Morgan fingerprint density at radius 1 is 1.10 bits per heavy atom. The lowest BCUT2D eigenvalue weighted by Crippen LogP contribution is -2.30. The minimum absolute atomic E-state index is 0.00136. The quantitative estimate of drug-likeness (QED) is 0.327. The van der Waals surface area contributed by atoms with E-state index in [2.05, 4.69) is 6.92 Å². The van der Waals surface area contributed by atoms with Crippen LogP contribution >= 0.6 is 0 Å². The third kappa shape index (κ3) is 5.78. The molecule has 0 N–H and O–H groups in total. The van der Waals surface area contributed by atoms with Gasteiger partial charge in [-0.25, -0.2) is 0 Å². The fraction of sp³-hybridized carbons (Fsp3) is 0.630. The second-order valence-corrected chi connectivity index (χ2v) is 9.31. The topological polar surface area (TPSA) is 68.3 Å². The van der Waals surface area contributed by atoms with Gasteiger partial charge in [-0.2, -0.15) is 0 Å². The molecule has 0 fully saturated rings. The van der Waals surface area contributed by atoms with Crippen molar-refractivity contribution >= 4 is 23.1 Å². The molecule has 170 valence electrons.